The van der Waals surface area contributed by atoms with E-state index in [4.69, 9.17) is 5.26 Å². The van der Waals surface area contributed by atoms with E-state index in [9.17, 15) is 9.59 Å². The van der Waals surface area contributed by atoms with Crippen molar-refractivity contribution in [2.75, 3.05) is 17.2 Å². The molecule has 0 radical (unpaired) electrons. The van der Waals surface area contributed by atoms with Crippen molar-refractivity contribution in [3.05, 3.63) is 82.8 Å². The first-order valence-corrected chi connectivity index (χ1v) is 10.7. The molecule has 0 aliphatic rings. The molecule has 2 aromatic heterocycles. The van der Waals surface area contributed by atoms with E-state index in [0.29, 0.717) is 45.9 Å². The molecule has 2 aromatic carbocycles. The first-order chi connectivity index (χ1) is 16.4. The molecule has 0 unspecified atom stereocenters. The summed E-state index contributed by atoms with van der Waals surface area (Å²) < 4.78 is 1.62. The second-order valence-electron chi connectivity index (χ2n) is 7.73. The number of hydrogen-bond donors (Lipinski definition) is 3. The van der Waals surface area contributed by atoms with Gasteiger partial charge in [-0.2, -0.15) is 10.4 Å². The molecule has 0 spiro atoms. The molecule has 0 aliphatic heterocycles. The lowest BCUT2D eigenvalue weighted by Crippen LogP contribution is -2.22. The summed E-state index contributed by atoms with van der Waals surface area (Å²) in [4.78, 5) is 29.6. The van der Waals surface area contributed by atoms with Crippen LogP contribution in [0, 0.1) is 25.2 Å². The number of amides is 2. The van der Waals surface area contributed by atoms with Gasteiger partial charge in [-0.3, -0.25) is 9.59 Å². The van der Waals surface area contributed by atoms with Gasteiger partial charge in [-0.15, -0.1) is 0 Å². The van der Waals surface area contributed by atoms with E-state index in [1.54, 1.807) is 47.1 Å². The molecule has 0 fully saturated rings. The predicted octanol–water partition coefficient (Wildman–Crippen LogP) is 3.96. The van der Waals surface area contributed by atoms with Crippen molar-refractivity contribution in [3.8, 4) is 6.07 Å². The van der Waals surface area contributed by atoms with Gasteiger partial charge in [0.1, 0.15) is 11.8 Å². The summed E-state index contributed by atoms with van der Waals surface area (Å²) in [5.41, 5.74) is 5.14. The van der Waals surface area contributed by atoms with Crippen molar-refractivity contribution in [3.63, 3.8) is 0 Å². The molecule has 9 heteroatoms. The Morgan fingerprint density at radius 2 is 1.85 bits per heavy atom. The molecule has 0 aliphatic carbocycles. The number of hydrogen-bond acceptors (Lipinski definition) is 6. The van der Waals surface area contributed by atoms with Crippen molar-refractivity contribution in [2.45, 2.75) is 20.8 Å². The van der Waals surface area contributed by atoms with Crippen molar-refractivity contribution >= 4 is 34.5 Å². The van der Waals surface area contributed by atoms with Crippen LogP contribution < -0.4 is 16.0 Å². The number of aryl methyl sites for hydroxylation is 2. The number of nitrogens with one attached hydrogen (secondary N) is 3. The standard InChI is InChI=1S/C25H23N7O2/c1-4-27-25(34)20-13-32-22(16(20)3)23(28-14-29-32)31-21-11-18(8-5-15(21)2)24(33)30-19-9-6-17(12-26)7-10-19/h5-11,13-14H,4H2,1-3H3,(H,27,34)(H,30,33)(H,28,29,31). The number of nitrogens with zero attached hydrogens (tertiary/aromatic N) is 4. The zero-order valence-electron chi connectivity index (χ0n) is 19.0. The van der Waals surface area contributed by atoms with Gasteiger partial charge in [-0.05, 0) is 68.3 Å². The number of fused-ring (bicyclic) bond motifs is 1. The number of rotatable bonds is 6. The van der Waals surface area contributed by atoms with Crippen LogP contribution in [0.3, 0.4) is 0 Å². The van der Waals surface area contributed by atoms with Crippen LogP contribution in [-0.2, 0) is 0 Å². The highest BCUT2D eigenvalue weighted by Crippen LogP contribution is 2.27. The zero-order chi connectivity index (χ0) is 24.2. The third-order valence-electron chi connectivity index (χ3n) is 5.43. The summed E-state index contributed by atoms with van der Waals surface area (Å²) in [5, 5.41) is 22.1. The summed E-state index contributed by atoms with van der Waals surface area (Å²) in [6.07, 6.45) is 3.09. The van der Waals surface area contributed by atoms with Crippen LogP contribution in [0.25, 0.3) is 5.52 Å². The van der Waals surface area contributed by atoms with Crippen molar-refractivity contribution in [2.24, 2.45) is 0 Å². The molecule has 3 N–H and O–H groups in total. The molecular weight excluding hydrogens is 430 g/mol. The Morgan fingerprint density at radius 3 is 2.56 bits per heavy atom. The highest BCUT2D eigenvalue weighted by atomic mass is 16.2. The summed E-state index contributed by atoms with van der Waals surface area (Å²) >= 11 is 0. The van der Waals surface area contributed by atoms with E-state index in [2.05, 4.69) is 32.1 Å². The van der Waals surface area contributed by atoms with Gasteiger partial charge in [-0.25, -0.2) is 9.50 Å². The monoisotopic (exact) mass is 453 g/mol. The van der Waals surface area contributed by atoms with Crippen LogP contribution in [0.2, 0.25) is 0 Å². The van der Waals surface area contributed by atoms with Crippen molar-refractivity contribution < 1.29 is 9.59 Å². The molecule has 0 saturated carbocycles. The molecule has 0 saturated heterocycles. The third-order valence-corrected chi connectivity index (χ3v) is 5.43. The van der Waals surface area contributed by atoms with Gasteiger partial charge in [0.05, 0.1) is 17.2 Å². The third kappa shape index (κ3) is 4.42. The molecule has 0 bridgehead atoms. The lowest BCUT2D eigenvalue weighted by atomic mass is 10.1. The highest BCUT2D eigenvalue weighted by molar-refractivity contribution is 6.05. The SMILES string of the molecule is CCNC(=O)c1cn2ncnc(Nc3cc(C(=O)Nc4ccc(C#N)cc4)ccc3C)c2c1C. The average molecular weight is 454 g/mol. The smallest absolute Gasteiger partial charge is 0.255 e. The number of anilines is 3. The Kier molecular flexibility index (Phi) is 6.23. The fourth-order valence-corrected chi connectivity index (χ4v) is 3.59. The Hall–Kier alpha value is -4.71. The first-order valence-electron chi connectivity index (χ1n) is 10.7. The van der Waals surface area contributed by atoms with Gasteiger partial charge in [0.25, 0.3) is 11.8 Å². The maximum absolute atomic E-state index is 12.8. The van der Waals surface area contributed by atoms with E-state index >= 15 is 0 Å². The van der Waals surface area contributed by atoms with Gasteiger partial charge in [-0.1, -0.05) is 6.07 Å². The number of carbonyl (C=O) groups is 2. The fourth-order valence-electron chi connectivity index (χ4n) is 3.59. The predicted molar refractivity (Wildman–Crippen MR) is 129 cm³/mol. The summed E-state index contributed by atoms with van der Waals surface area (Å²) in [5.74, 6) is 0.0721. The number of nitriles is 1. The summed E-state index contributed by atoms with van der Waals surface area (Å²) in [6, 6.07) is 14.0. The van der Waals surface area contributed by atoms with Crippen LogP contribution >= 0.6 is 0 Å². The fraction of sp³-hybridized carbons (Fsp3) is 0.160. The van der Waals surface area contributed by atoms with Gasteiger partial charge in [0.2, 0.25) is 0 Å². The Balaban J connectivity index is 1.63. The molecule has 4 aromatic rings. The lowest BCUT2D eigenvalue weighted by Gasteiger charge is -2.13. The van der Waals surface area contributed by atoms with Crippen molar-refractivity contribution in [1.29, 1.82) is 5.26 Å². The second kappa shape index (κ2) is 9.42. The van der Waals surface area contributed by atoms with Gasteiger partial charge in [0.15, 0.2) is 5.82 Å². The zero-order valence-corrected chi connectivity index (χ0v) is 19.0. The molecular formula is C25H23N7O2. The van der Waals surface area contributed by atoms with E-state index in [1.165, 1.54) is 6.33 Å². The molecule has 34 heavy (non-hydrogen) atoms. The minimum absolute atomic E-state index is 0.172. The lowest BCUT2D eigenvalue weighted by molar-refractivity contribution is 0.0954. The maximum atomic E-state index is 12.8. The van der Waals surface area contributed by atoms with Gasteiger partial charge in [0, 0.05) is 29.7 Å². The van der Waals surface area contributed by atoms with Crippen LogP contribution in [0.1, 0.15) is 44.3 Å². The maximum Gasteiger partial charge on any atom is 0.255 e. The largest absolute Gasteiger partial charge is 0.352 e. The quantitative estimate of drug-likeness (QED) is 0.406. The van der Waals surface area contributed by atoms with Crippen LogP contribution in [0.4, 0.5) is 17.2 Å². The number of benzene rings is 2. The molecule has 2 heterocycles. The molecule has 170 valence electrons. The Bertz CT molecular complexity index is 1430. The average Bonchev–Trinajstić information content (AvgIpc) is 3.18. The van der Waals surface area contributed by atoms with E-state index in [-0.39, 0.29) is 11.8 Å². The van der Waals surface area contributed by atoms with Crippen LogP contribution in [-0.4, -0.2) is 33.0 Å². The van der Waals surface area contributed by atoms with E-state index in [1.807, 2.05) is 26.8 Å². The number of aromatic nitrogens is 3. The van der Waals surface area contributed by atoms with Crippen LogP contribution in [0.15, 0.2) is 55.0 Å². The van der Waals surface area contributed by atoms with Gasteiger partial charge >= 0.3 is 0 Å². The topological polar surface area (TPSA) is 124 Å². The van der Waals surface area contributed by atoms with Crippen LogP contribution in [0.5, 0.6) is 0 Å². The van der Waals surface area contributed by atoms with E-state index < -0.39 is 0 Å². The minimum Gasteiger partial charge on any atom is -0.352 e. The Labute approximate surface area is 196 Å². The number of carbonyl (C=O) groups excluding carboxylic acids is 2. The van der Waals surface area contributed by atoms with E-state index in [0.717, 1.165) is 11.1 Å². The molecule has 4 rings (SSSR count). The summed E-state index contributed by atoms with van der Waals surface area (Å²) in [6.45, 7) is 6.16. The molecule has 9 nitrogen and oxygen atoms in total. The van der Waals surface area contributed by atoms with Gasteiger partial charge < -0.3 is 16.0 Å². The van der Waals surface area contributed by atoms with Crippen molar-refractivity contribution in [1.82, 2.24) is 19.9 Å². The summed E-state index contributed by atoms with van der Waals surface area (Å²) in [7, 11) is 0. The molecule has 2 amide bonds. The second-order valence-corrected chi connectivity index (χ2v) is 7.73. The first kappa shape index (κ1) is 22.5. The normalized spacial score (nSPS) is 10.5. The molecule has 0 atom stereocenters. The minimum atomic E-state index is -0.280. The Morgan fingerprint density at radius 1 is 1.09 bits per heavy atom. The highest BCUT2D eigenvalue weighted by Gasteiger charge is 2.18.